The van der Waals surface area contributed by atoms with E-state index >= 15 is 0 Å². The van der Waals surface area contributed by atoms with Crippen LogP contribution in [0.1, 0.15) is 36.5 Å². The zero-order valence-corrected chi connectivity index (χ0v) is 10.0. The van der Waals surface area contributed by atoms with Crippen molar-refractivity contribution in [3.05, 3.63) is 35.9 Å². The van der Waals surface area contributed by atoms with Crippen molar-refractivity contribution in [2.45, 2.75) is 26.2 Å². The van der Waals surface area contributed by atoms with E-state index < -0.39 is 5.41 Å². The third-order valence-corrected chi connectivity index (χ3v) is 3.57. The van der Waals surface area contributed by atoms with Crippen LogP contribution in [-0.4, -0.2) is 18.2 Å². The summed E-state index contributed by atoms with van der Waals surface area (Å²) in [4.78, 5) is 24.5. The fourth-order valence-corrected chi connectivity index (χ4v) is 2.46. The van der Waals surface area contributed by atoms with Gasteiger partial charge in [-0.1, -0.05) is 37.3 Å². The molecule has 1 aromatic carbocycles. The lowest BCUT2D eigenvalue weighted by molar-refractivity contribution is -0.130. The molecule has 0 bridgehead atoms. The summed E-state index contributed by atoms with van der Waals surface area (Å²) in [7, 11) is 0. The molecule has 0 spiro atoms. The molecule has 0 saturated carbocycles. The average molecular weight is 231 g/mol. The molecule has 1 amide bonds. The van der Waals surface area contributed by atoms with Gasteiger partial charge in [-0.3, -0.25) is 9.59 Å². The number of amides is 1. The minimum absolute atomic E-state index is 0.0437. The van der Waals surface area contributed by atoms with Crippen LogP contribution in [0.25, 0.3) is 0 Å². The molecule has 1 atom stereocenters. The molecule has 0 radical (unpaired) electrons. The molecule has 3 nitrogen and oxygen atoms in total. The van der Waals surface area contributed by atoms with Crippen LogP contribution in [0.3, 0.4) is 0 Å². The molecule has 1 heterocycles. The fourth-order valence-electron chi connectivity index (χ4n) is 2.46. The maximum atomic E-state index is 12.5. The molecule has 1 N–H and O–H groups in total. The monoisotopic (exact) mass is 231 g/mol. The predicted octanol–water partition coefficient (Wildman–Crippen LogP) is 2.18. The Morgan fingerprint density at radius 3 is 2.65 bits per heavy atom. The van der Waals surface area contributed by atoms with Crippen LogP contribution < -0.4 is 5.32 Å². The summed E-state index contributed by atoms with van der Waals surface area (Å²) < 4.78 is 0. The smallest absolute Gasteiger partial charge is 0.234 e. The molecule has 0 aliphatic carbocycles. The number of ketones is 1. The van der Waals surface area contributed by atoms with Gasteiger partial charge < -0.3 is 5.32 Å². The molecular weight excluding hydrogens is 214 g/mol. The van der Waals surface area contributed by atoms with Gasteiger partial charge in [0.05, 0.1) is 0 Å². The minimum atomic E-state index is -0.848. The highest BCUT2D eigenvalue weighted by Crippen LogP contribution is 2.34. The Hall–Kier alpha value is -1.64. The number of nitrogens with one attached hydrogen (secondary N) is 1. The summed E-state index contributed by atoms with van der Waals surface area (Å²) in [6.07, 6.45) is 2.09. The highest BCUT2D eigenvalue weighted by molar-refractivity contribution is 6.14. The number of carbonyl (C=O) groups is 2. The molecule has 3 heteroatoms. The molecule has 17 heavy (non-hydrogen) atoms. The molecule has 2 rings (SSSR count). The van der Waals surface area contributed by atoms with Gasteiger partial charge in [0.2, 0.25) is 5.91 Å². The third kappa shape index (κ3) is 1.97. The van der Waals surface area contributed by atoms with E-state index in [1.807, 2.05) is 25.1 Å². The second kappa shape index (κ2) is 4.70. The lowest BCUT2D eigenvalue weighted by Gasteiger charge is -2.33. The molecule has 1 unspecified atom stereocenters. The van der Waals surface area contributed by atoms with Gasteiger partial charge in [-0.15, -0.1) is 0 Å². The van der Waals surface area contributed by atoms with Gasteiger partial charge in [-0.2, -0.15) is 0 Å². The van der Waals surface area contributed by atoms with Gasteiger partial charge in [0.1, 0.15) is 5.41 Å². The van der Waals surface area contributed by atoms with Gasteiger partial charge in [-0.25, -0.2) is 0 Å². The Balaban J connectivity index is 2.35. The third-order valence-electron chi connectivity index (χ3n) is 3.57. The van der Waals surface area contributed by atoms with E-state index in [2.05, 4.69) is 5.32 Å². The van der Waals surface area contributed by atoms with Crippen LogP contribution in [0.4, 0.5) is 0 Å². The van der Waals surface area contributed by atoms with Gasteiger partial charge in [0, 0.05) is 12.1 Å². The SMILES string of the molecule is CCC1(C(=O)c2ccccc2)CCCNC1=O. The van der Waals surface area contributed by atoms with Crippen LogP contribution in [-0.2, 0) is 4.79 Å². The summed E-state index contributed by atoms with van der Waals surface area (Å²) in [5.74, 6) is -0.155. The molecular formula is C14H17NO2. The zero-order valence-electron chi connectivity index (χ0n) is 10.0. The van der Waals surface area contributed by atoms with Crippen LogP contribution in [0, 0.1) is 5.41 Å². The standard InChI is InChI=1S/C14H17NO2/c1-2-14(9-6-10-15-13(14)17)12(16)11-7-4-3-5-8-11/h3-5,7-8H,2,6,9-10H2,1H3,(H,15,17). The molecule has 1 saturated heterocycles. The van der Waals surface area contributed by atoms with E-state index in [0.29, 0.717) is 24.9 Å². The first-order valence-corrected chi connectivity index (χ1v) is 6.09. The van der Waals surface area contributed by atoms with Crippen LogP contribution in [0.15, 0.2) is 30.3 Å². The molecule has 1 aromatic rings. The average Bonchev–Trinajstić information content (AvgIpc) is 2.40. The van der Waals surface area contributed by atoms with E-state index in [1.54, 1.807) is 12.1 Å². The molecule has 1 aliphatic heterocycles. The first kappa shape index (κ1) is 11.8. The zero-order chi connectivity index (χ0) is 12.3. The van der Waals surface area contributed by atoms with Crippen molar-refractivity contribution >= 4 is 11.7 Å². The summed E-state index contributed by atoms with van der Waals surface area (Å²) in [6.45, 7) is 2.59. The number of hydrogen-bond acceptors (Lipinski definition) is 2. The second-order valence-corrected chi connectivity index (χ2v) is 4.49. The fraction of sp³-hybridized carbons (Fsp3) is 0.429. The van der Waals surface area contributed by atoms with Crippen LogP contribution in [0.5, 0.6) is 0 Å². The number of hydrogen-bond donors (Lipinski definition) is 1. The molecule has 1 fully saturated rings. The van der Waals surface area contributed by atoms with Gasteiger partial charge >= 0.3 is 0 Å². The quantitative estimate of drug-likeness (QED) is 0.640. The highest BCUT2D eigenvalue weighted by Gasteiger charge is 2.45. The van der Waals surface area contributed by atoms with Crippen molar-refractivity contribution in [3.8, 4) is 0 Å². The Labute approximate surface area is 101 Å². The van der Waals surface area contributed by atoms with Crippen LogP contribution >= 0.6 is 0 Å². The number of rotatable bonds is 3. The molecule has 1 aliphatic rings. The summed E-state index contributed by atoms with van der Waals surface area (Å²) in [6, 6.07) is 9.09. The Bertz CT molecular complexity index is 427. The maximum absolute atomic E-state index is 12.5. The van der Waals surface area contributed by atoms with Crippen molar-refractivity contribution in [1.82, 2.24) is 5.32 Å². The van der Waals surface area contributed by atoms with Crippen molar-refractivity contribution in [1.29, 1.82) is 0 Å². The Morgan fingerprint density at radius 2 is 2.06 bits per heavy atom. The molecule has 90 valence electrons. The summed E-state index contributed by atoms with van der Waals surface area (Å²) in [5.41, 5.74) is -0.217. The molecule has 0 aromatic heterocycles. The number of piperidine rings is 1. The maximum Gasteiger partial charge on any atom is 0.234 e. The largest absolute Gasteiger partial charge is 0.355 e. The Kier molecular flexibility index (Phi) is 3.27. The predicted molar refractivity (Wildman–Crippen MR) is 65.7 cm³/mol. The minimum Gasteiger partial charge on any atom is -0.355 e. The van der Waals surface area contributed by atoms with E-state index in [9.17, 15) is 9.59 Å². The lowest BCUT2D eigenvalue weighted by Crippen LogP contribution is -2.50. The van der Waals surface area contributed by atoms with Crippen molar-refractivity contribution in [3.63, 3.8) is 0 Å². The second-order valence-electron chi connectivity index (χ2n) is 4.49. The van der Waals surface area contributed by atoms with Crippen molar-refractivity contribution < 1.29 is 9.59 Å². The number of Topliss-reactive ketones (excluding diaryl/α,β-unsaturated/α-hetero) is 1. The highest BCUT2D eigenvalue weighted by atomic mass is 16.2. The van der Waals surface area contributed by atoms with Crippen molar-refractivity contribution in [2.24, 2.45) is 5.41 Å². The summed E-state index contributed by atoms with van der Waals surface area (Å²) in [5, 5.41) is 2.81. The normalized spacial score (nSPS) is 24.2. The lowest BCUT2D eigenvalue weighted by atomic mass is 9.72. The van der Waals surface area contributed by atoms with Crippen molar-refractivity contribution in [2.75, 3.05) is 6.54 Å². The summed E-state index contributed by atoms with van der Waals surface area (Å²) >= 11 is 0. The first-order chi connectivity index (χ1) is 8.20. The van der Waals surface area contributed by atoms with Crippen LogP contribution in [0.2, 0.25) is 0 Å². The van der Waals surface area contributed by atoms with Gasteiger partial charge in [0.15, 0.2) is 5.78 Å². The topological polar surface area (TPSA) is 46.2 Å². The van der Waals surface area contributed by atoms with Gasteiger partial charge in [0.25, 0.3) is 0 Å². The number of benzene rings is 1. The Morgan fingerprint density at radius 1 is 1.35 bits per heavy atom. The van der Waals surface area contributed by atoms with E-state index in [4.69, 9.17) is 0 Å². The van der Waals surface area contributed by atoms with E-state index in [0.717, 1.165) is 6.42 Å². The van der Waals surface area contributed by atoms with E-state index in [1.165, 1.54) is 0 Å². The van der Waals surface area contributed by atoms with Gasteiger partial charge in [-0.05, 0) is 19.3 Å². The number of carbonyl (C=O) groups excluding carboxylic acids is 2. The van der Waals surface area contributed by atoms with E-state index in [-0.39, 0.29) is 11.7 Å². The first-order valence-electron chi connectivity index (χ1n) is 6.09.